The third-order valence-corrected chi connectivity index (χ3v) is 2.42. The van der Waals surface area contributed by atoms with Gasteiger partial charge in [-0.2, -0.15) is 18.4 Å². The minimum Gasteiger partial charge on any atom is -0.198 e. The first-order valence-electron chi connectivity index (χ1n) is 4.23. The van der Waals surface area contributed by atoms with E-state index in [0.29, 0.717) is 12.8 Å². The van der Waals surface area contributed by atoms with E-state index in [1.54, 1.807) is 12.1 Å². The summed E-state index contributed by atoms with van der Waals surface area (Å²) < 4.78 is 35.9. The zero-order valence-electron chi connectivity index (χ0n) is 7.71. The molecule has 0 amide bonds. The van der Waals surface area contributed by atoms with Crippen LogP contribution >= 0.6 is 11.8 Å². The van der Waals surface area contributed by atoms with Gasteiger partial charge in [0, 0.05) is 11.3 Å². The van der Waals surface area contributed by atoms with Gasteiger partial charge in [0.1, 0.15) is 0 Å². The standard InChI is InChI=1S/C10H8F3NS/c11-10(12,13)15-9-5-3-8(4-6-9)2-1-7-14/h3-6H,1-2H2. The number of benzene rings is 1. The average Bonchev–Trinajstić information content (AvgIpc) is 2.14. The molecule has 0 saturated carbocycles. The van der Waals surface area contributed by atoms with Crippen LogP contribution < -0.4 is 0 Å². The van der Waals surface area contributed by atoms with Gasteiger partial charge >= 0.3 is 5.51 Å². The van der Waals surface area contributed by atoms with Crippen LogP contribution in [0, 0.1) is 11.3 Å². The fourth-order valence-electron chi connectivity index (χ4n) is 1.06. The van der Waals surface area contributed by atoms with E-state index >= 15 is 0 Å². The van der Waals surface area contributed by atoms with Crippen molar-refractivity contribution in [3.63, 3.8) is 0 Å². The van der Waals surface area contributed by atoms with Crippen LogP contribution in [-0.4, -0.2) is 5.51 Å². The lowest BCUT2D eigenvalue weighted by Crippen LogP contribution is -1.98. The number of halogens is 3. The van der Waals surface area contributed by atoms with E-state index in [0.717, 1.165) is 5.56 Å². The van der Waals surface area contributed by atoms with E-state index in [9.17, 15) is 13.2 Å². The molecule has 80 valence electrons. The van der Waals surface area contributed by atoms with Gasteiger partial charge in [0.05, 0.1) is 6.07 Å². The first kappa shape index (κ1) is 11.9. The first-order valence-corrected chi connectivity index (χ1v) is 5.04. The lowest BCUT2D eigenvalue weighted by atomic mass is 10.1. The summed E-state index contributed by atoms with van der Waals surface area (Å²) in [5.41, 5.74) is -3.36. The summed E-state index contributed by atoms with van der Waals surface area (Å²) >= 11 is -0.132. The third kappa shape index (κ3) is 4.75. The van der Waals surface area contributed by atoms with Gasteiger partial charge in [-0.25, -0.2) is 0 Å². The van der Waals surface area contributed by atoms with Crippen molar-refractivity contribution in [3.05, 3.63) is 29.8 Å². The number of thioether (sulfide) groups is 1. The Morgan fingerprint density at radius 3 is 2.27 bits per heavy atom. The van der Waals surface area contributed by atoms with Crippen LogP contribution in [0.2, 0.25) is 0 Å². The summed E-state index contributed by atoms with van der Waals surface area (Å²) in [5, 5.41) is 8.33. The molecule has 0 spiro atoms. The van der Waals surface area contributed by atoms with Gasteiger partial charge in [0.25, 0.3) is 0 Å². The van der Waals surface area contributed by atoms with Gasteiger partial charge in [-0.05, 0) is 35.9 Å². The van der Waals surface area contributed by atoms with Gasteiger partial charge in [0.2, 0.25) is 0 Å². The fourth-order valence-corrected chi connectivity index (χ4v) is 1.60. The Bertz CT molecular complexity index is 350. The van der Waals surface area contributed by atoms with E-state index in [-0.39, 0.29) is 16.7 Å². The molecule has 0 saturated heterocycles. The molecule has 0 aliphatic carbocycles. The van der Waals surface area contributed by atoms with Gasteiger partial charge in [-0.3, -0.25) is 0 Å². The molecule has 0 heterocycles. The highest BCUT2D eigenvalue weighted by Gasteiger charge is 2.28. The summed E-state index contributed by atoms with van der Waals surface area (Å²) in [4.78, 5) is 0.170. The zero-order chi connectivity index (χ0) is 11.3. The van der Waals surface area contributed by atoms with Crippen molar-refractivity contribution in [1.82, 2.24) is 0 Å². The molecule has 0 fully saturated rings. The second-order valence-corrected chi connectivity index (χ2v) is 3.99. The monoisotopic (exact) mass is 231 g/mol. The Balaban J connectivity index is 2.61. The SMILES string of the molecule is N#CCCc1ccc(SC(F)(F)F)cc1. The molecular formula is C10H8F3NS. The van der Waals surface area contributed by atoms with Crippen LogP contribution in [0.3, 0.4) is 0 Å². The lowest BCUT2D eigenvalue weighted by molar-refractivity contribution is -0.0328. The molecule has 0 aliphatic rings. The third-order valence-electron chi connectivity index (χ3n) is 1.68. The minimum atomic E-state index is -4.24. The van der Waals surface area contributed by atoms with E-state index < -0.39 is 5.51 Å². The molecule has 0 aliphatic heterocycles. The highest BCUT2D eigenvalue weighted by atomic mass is 32.2. The Labute approximate surface area is 89.9 Å². The van der Waals surface area contributed by atoms with Crippen molar-refractivity contribution < 1.29 is 13.2 Å². The molecular weight excluding hydrogens is 223 g/mol. The fraction of sp³-hybridized carbons (Fsp3) is 0.300. The number of nitrogens with zero attached hydrogens (tertiary/aromatic N) is 1. The van der Waals surface area contributed by atoms with E-state index in [1.807, 2.05) is 6.07 Å². The molecule has 0 radical (unpaired) electrons. The van der Waals surface area contributed by atoms with Crippen molar-refractivity contribution in [1.29, 1.82) is 5.26 Å². The maximum Gasteiger partial charge on any atom is 0.446 e. The van der Waals surface area contributed by atoms with Crippen LogP contribution in [-0.2, 0) is 6.42 Å². The van der Waals surface area contributed by atoms with Gasteiger partial charge in [-0.15, -0.1) is 0 Å². The summed E-state index contributed by atoms with van der Waals surface area (Å²) in [7, 11) is 0. The summed E-state index contributed by atoms with van der Waals surface area (Å²) in [6.07, 6.45) is 0.958. The highest BCUT2D eigenvalue weighted by molar-refractivity contribution is 8.00. The predicted octanol–water partition coefficient (Wildman–Crippen LogP) is 3.75. The molecule has 5 heteroatoms. The molecule has 1 rings (SSSR count). The van der Waals surface area contributed by atoms with Gasteiger partial charge in [0.15, 0.2) is 0 Å². The molecule has 0 unspecified atom stereocenters. The van der Waals surface area contributed by atoms with E-state index in [2.05, 4.69) is 0 Å². The van der Waals surface area contributed by atoms with Crippen LogP contribution in [0.4, 0.5) is 13.2 Å². The zero-order valence-corrected chi connectivity index (χ0v) is 8.53. The number of hydrogen-bond acceptors (Lipinski definition) is 2. The van der Waals surface area contributed by atoms with Crippen LogP contribution in [0.15, 0.2) is 29.2 Å². The van der Waals surface area contributed by atoms with Crippen LogP contribution in [0.5, 0.6) is 0 Å². The summed E-state index contributed by atoms with van der Waals surface area (Å²) in [6.45, 7) is 0. The Hall–Kier alpha value is -1.15. The number of rotatable bonds is 3. The topological polar surface area (TPSA) is 23.8 Å². The van der Waals surface area contributed by atoms with E-state index in [4.69, 9.17) is 5.26 Å². The number of hydrogen-bond donors (Lipinski definition) is 0. The van der Waals surface area contributed by atoms with E-state index in [1.165, 1.54) is 12.1 Å². The minimum absolute atomic E-state index is 0.132. The average molecular weight is 231 g/mol. The quantitative estimate of drug-likeness (QED) is 0.739. The Kier molecular flexibility index (Phi) is 4.04. The van der Waals surface area contributed by atoms with Crippen molar-refractivity contribution in [2.24, 2.45) is 0 Å². The maximum atomic E-state index is 12.0. The molecule has 1 nitrogen and oxygen atoms in total. The molecule has 0 bridgehead atoms. The van der Waals surface area contributed by atoms with Crippen molar-refractivity contribution in [2.75, 3.05) is 0 Å². The predicted molar refractivity (Wildman–Crippen MR) is 52.3 cm³/mol. The molecule has 15 heavy (non-hydrogen) atoms. The number of aryl methyl sites for hydroxylation is 1. The highest BCUT2D eigenvalue weighted by Crippen LogP contribution is 2.36. The van der Waals surface area contributed by atoms with Crippen molar-refractivity contribution >= 4 is 11.8 Å². The molecule has 1 aromatic rings. The van der Waals surface area contributed by atoms with Gasteiger partial charge in [-0.1, -0.05) is 12.1 Å². The largest absolute Gasteiger partial charge is 0.446 e. The Morgan fingerprint density at radius 2 is 1.80 bits per heavy atom. The van der Waals surface area contributed by atoms with Crippen molar-refractivity contribution in [2.45, 2.75) is 23.2 Å². The smallest absolute Gasteiger partial charge is 0.198 e. The second kappa shape index (κ2) is 5.08. The van der Waals surface area contributed by atoms with Crippen LogP contribution in [0.25, 0.3) is 0 Å². The summed E-state index contributed by atoms with van der Waals surface area (Å²) in [6, 6.07) is 8.06. The lowest BCUT2D eigenvalue weighted by Gasteiger charge is -2.05. The first-order chi connectivity index (χ1) is 7.01. The van der Waals surface area contributed by atoms with Gasteiger partial charge < -0.3 is 0 Å². The molecule has 0 atom stereocenters. The van der Waals surface area contributed by atoms with Crippen molar-refractivity contribution in [3.8, 4) is 6.07 Å². The molecule has 0 aromatic heterocycles. The normalized spacial score (nSPS) is 11.1. The number of nitriles is 1. The molecule has 0 N–H and O–H groups in total. The molecule has 1 aromatic carbocycles. The maximum absolute atomic E-state index is 12.0. The number of alkyl halides is 3. The second-order valence-electron chi connectivity index (χ2n) is 2.85. The van der Waals surface area contributed by atoms with Crippen LogP contribution in [0.1, 0.15) is 12.0 Å². The Morgan fingerprint density at radius 1 is 1.20 bits per heavy atom. The summed E-state index contributed by atoms with van der Waals surface area (Å²) in [5.74, 6) is 0.